The van der Waals surface area contributed by atoms with Gasteiger partial charge in [-0.3, -0.25) is 9.59 Å². The second-order valence-corrected chi connectivity index (χ2v) is 6.56. The first-order valence-corrected chi connectivity index (χ1v) is 8.97. The molecule has 27 heavy (non-hydrogen) atoms. The topological polar surface area (TPSA) is 82.3 Å². The Hall–Kier alpha value is -3.00. The summed E-state index contributed by atoms with van der Waals surface area (Å²) in [5, 5.41) is 0.576. The van der Waals surface area contributed by atoms with Gasteiger partial charge in [0.25, 0.3) is 0 Å². The Morgan fingerprint density at radius 2 is 2.04 bits per heavy atom. The van der Waals surface area contributed by atoms with Crippen molar-refractivity contribution in [2.75, 3.05) is 0 Å². The molecule has 0 aliphatic rings. The van der Waals surface area contributed by atoms with E-state index in [1.54, 1.807) is 12.3 Å². The number of aromatic nitrogens is 2. The van der Waals surface area contributed by atoms with Crippen LogP contribution in [-0.2, 0) is 17.0 Å². The molecule has 138 valence electrons. The molecule has 2 heterocycles. The van der Waals surface area contributed by atoms with E-state index in [9.17, 15) is 14.0 Å². The Morgan fingerprint density at radius 1 is 1.26 bits per heavy atom. The number of ether oxygens (including phenoxy) is 1. The standard InChI is InChI=1S/C19H15FN2O4S/c1-12-6-7-21-19(22-12)27-11-15-9-16(23)17(10-25-15)26-18(24)8-13-2-4-14(20)5-3-13/h2-7,9-10H,8,11H2,1H3. The zero-order valence-electron chi connectivity index (χ0n) is 14.3. The van der Waals surface area contributed by atoms with E-state index >= 15 is 0 Å². The van der Waals surface area contributed by atoms with E-state index in [1.807, 2.05) is 6.92 Å². The van der Waals surface area contributed by atoms with Gasteiger partial charge < -0.3 is 9.15 Å². The minimum atomic E-state index is -0.635. The molecule has 0 saturated heterocycles. The summed E-state index contributed by atoms with van der Waals surface area (Å²) in [7, 11) is 0. The van der Waals surface area contributed by atoms with Gasteiger partial charge in [0.15, 0.2) is 5.16 Å². The van der Waals surface area contributed by atoms with Crippen LogP contribution in [0.5, 0.6) is 5.75 Å². The molecule has 0 spiro atoms. The van der Waals surface area contributed by atoms with Crippen molar-refractivity contribution in [3.63, 3.8) is 0 Å². The fourth-order valence-corrected chi connectivity index (χ4v) is 2.91. The first-order chi connectivity index (χ1) is 13.0. The minimum Gasteiger partial charge on any atom is -0.464 e. The highest BCUT2D eigenvalue weighted by Gasteiger charge is 2.12. The van der Waals surface area contributed by atoms with Gasteiger partial charge in [-0.2, -0.15) is 0 Å². The lowest BCUT2D eigenvalue weighted by molar-refractivity contribution is -0.133. The number of esters is 1. The van der Waals surface area contributed by atoms with E-state index in [0.717, 1.165) is 12.0 Å². The van der Waals surface area contributed by atoms with Crippen LogP contribution in [0.4, 0.5) is 4.39 Å². The summed E-state index contributed by atoms with van der Waals surface area (Å²) in [4.78, 5) is 32.4. The van der Waals surface area contributed by atoms with Gasteiger partial charge in [-0.05, 0) is 30.7 Å². The number of hydrogen-bond donors (Lipinski definition) is 0. The van der Waals surface area contributed by atoms with Gasteiger partial charge in [-0.15, -0.1) is 0 Å². The molecule has 0 aliphatic heterocycles. The maximum absolute atomic E-state index is 12.9. The van der Waals surface area contributed by atoms with Crippen molar-refractivity contribution in [2.45, 2.75) is 24.3 Å². The third kappa shape index (κ3) is 5.49. The van der Waals surface area contributed by atoms with Crippen molar-refractivity contribution < 1.29 is 18.3 Å². The van der Waals surface area contributed by atoms with Crippen molar-refractivity contribution in [2.24, 2.45) is 0 Å². The largest absolute Gasteiger partial charge is 0.464 e. The Bertz CT molecular complexity index is 1010. The summed E-state index contributed by atoms with van der Waals surface area (Å²) in [5.41, 5.74) is 0.962. The van der Waals surface area contributed by atoms with Gasteiger partial charge in [0.2, 0.25) is 11.2 Å². The number of halogens is 1. The predicted octanol–water partition coefficient (Wildman–Crippen LogP) is 3.32. The number of nitrogens with zero attached hydrogens (tertiary/aromatic N) is 2. The lowest BCUT2D eigenvalue weighted by atomic mass is 10.1. The van der Waals surface area contributed by atoms with Crippen LogP contribution >= 0.6 is 11.8 Å². The number of carbonyl (C=O) groups is 1. The molecule has 0 aliphatic carbocycles. The highest BCUT2D eigenvalue weighted by atomic mass is 32.2. The molecule has 6 nitrogen and oxygen atoms in total. The fraction of sp³-hybridized carbons (Fsp3) is 0.158. The first-order valence-electron chi connectivity index (χ1n) is 7.99. The molecule has 1 aromatic carbocycles. The average Bonchev–Trinajstić information content (AvgIpc) is 2.64. The minimum absolute atomic E-state index is 0.0813. The molecule has 3 rings (SSSR count). The molecule has 0 fully saturated rings. The summed E-state index contributed by atoms with van der Waals surface area (Å²) in [6.07, 6.45) is 2.68. The van der Waals surface area contributed by atoms with E-state index in [0.29, 0.717) is 22.2 Å². The molecule has 0 bridgehead atoms. The van der Waals surface area contributed by atoms with Crippen molar-refractivity contribution in [1.82, 2.24) is 9.97 Å². The number of rotatable bonds is 6. The second kappa shape index (κ2) is 8.59. The van der Waals surface area contributed by atoms with Crippen LogP contribution in [0.15, 0.2) is 63.2 Å². The zero-order chi connectivity index (χ0) is 19.2. The molecular weight excluding hydrogens is 371 g/mol. The molecule has 0 radical (unpaired) electrons. The van der Waals surface area contributed by atoms with E-state index in [2.05, 4.69) is 9.97 Å². The molecule has 0 atom stereocenters. The van der Waals surface area contributed by atoms with Gasteiger partial charge in [0, 0.05) is 18.0 Å². The van der Waals surface area contributed by atoms with Crippen LogP contribution in [-0.4, -0.2) is 15.9 Å². The van der Waals surface area contributed by atoms with E-state index < -0.39 is 17.2 Å². The lowest BCUT2D eigenvalue weighted by Crippen LogP contribution is -2.16. The van der Waals surface area contributed by atoms with E-state index in [4.69, 9.17) is 9.15 Å². The first kappa shape index (κ1) is 18.8. The normalized spacial score (nSPS) is 10.6. The van der Waals surface area contributed by atoms with Gasteiger partial charge in [0.1, 0.15) is 17.8 Å². The van der Waals surface area contributed by atoms with Crippen molar-refractivity contribution in [3.8, 4) is 5.75 Å². The molecular formula is C19H15FN2O4S. The zero-order valence-corrected chi connectivity index (χ0v) is 15.2. The van der Waals surface area contributed by atoms with Crippen LogP contribution in [0.2, 0.25) is 0 Å². The number of thioether (sulfide) groups is 1. The van der Waals surface area contributed by atoms with Crippen LogP contribution in [0.1, 0.15) is 17.0 Å². The summed E-state index contributed by atoms with van der Waals surface area (Å²) in [6, 6.07) is 8.52. The smallest absolute Gasteiger partial charge is 0.315 e. The van der Waals surface area contributed by atoms with Gasteiger partial charge >= 0.3 is 5.97 Å². The third-order valence-corrected chi connectivity index (χ3v) is 4.34. The van der Waals surface area contributed by atoms with Crippen LogP contribution in [0.3, 0.4) is 0 Å². The van der Waals surface area contributed by atoms with Crippen molar-refractivity contribution in [1.29, 1.82) is 0 Å². The Labute approximate surface area is 158 Å². The van der Waals surface area contributed by atoms with Gasteiger partial charge in [0.05, 0.1) is 12.2 Å². The molecule has 8 heteroatoms. The maximum atomic E-state index is 12.9. The van der Waals surface area contributed by atoms with Gasteiger partial charge in [-0.1, -0.05) is 23.9 Å². The molecule has 2 aromatic heterocycles. The van der Waals surface area contributed by atoms with Crippen LogP contribution < -0.4 is 10.2 Å². The van der Waals surface area contributed by atoms with Crippen LogP contribution in [0, 0.1) is 12.7 Å². The van der Waals surface area contributed by atoms with E-state index in [-0.39, 0.29) is 12.2 Å². The molecule has 0 saturated carbocycles. The summed E-state index contributed by atoms with van der Waals surface area (Å²) >= 11 is 1.33. The molecule has 0 unspecified atom stereocenters. The lowest BCUT2D eigenvalue weighted by Gasteiger charge is -2.05. The highest BCUT2D eigenvalue weighted by molar-refractivity contribution is 7.98. The number of carbonyl (C=O) groups excluding carboxylic acids is 1. The number of aryl methyl sites for hydroxylation is 1. The average molecular weight is 386 g/mol. The molecule has 0 amide bonds. The fourth-order valence-electron chi connectivity index (χ4n) is 2.15. The highest BCUT2D eigenvalue weighted by Crippen LogP contribution is 2.19. The quantitative estimate of drug-likeness (QED) is 0.365. The summed E-state index contributed by atoms with van der Waals surface area (Å²) in [5.74, 6) is -0.444. The monoisotopic (exact) mass is 386 g/mol. The van der Waals surface area contributed by atoms with Crippen LogP contribution in [0.25, 0.3) is 0 Å². The Balaban J connectivity index is 1.59. The van der Waals surface area contributed by atoms with Crippen molar-refractivity contribution >= 4 is 17.7 Å². The predicted molar refractivity (Wildman–Crippen MR) is 97.0 cm³/mol. The third-order valence-electron chi connectivity index (χ3n) is 3.45. The number of hydrogen-bond acceptors (Lipinski definition) is 7. The van der Waals surface area contributed by atoms with E-state index in [1.165, 1.54) is 42.1 Å². The molecule has 3 aromatic rings. The van der Waals surface area contributed by atoms with Crippen molar-refractivity contribution in [3.05, 3.63) is 81.9 Å². The summed E-state index contributed by atoms with van der Waals surface area (Å²) < 4.78 is 23.3. The van der Waals surface area contributed by atoms with Gasteiger partial charge in [-0.25, -0.2) is 14.4 Å². The summed E-state index contributed by atoms with van der Waals surface area (Å²) in [6.45, 7) is 1.86. The second-order valence-electron chi connectivity index (χ2n) is 5.62. The molecule has 0 N–H and O–H groups in total. The Kier molecular flexibility index (Phi) is 5.97. The SMILES string of the molecule is Cc1ccnc(SCc2cc(=O)c(OC(=O)Cc3ccc(F)cc3)co2)n1. The maximum Gasteiger partial charge on any atom is 0.315 e. The number of benzene rings is 1. The Morgan fingerprint density at radius 3 is 2.74 bits per heavy atom.